The molecule has 1 atom stereocenters. The minimum atomic E-state index is -2.82. The molecular weight excluding hydrogens is 244 g/mol. The fourth-order valence-electron chi connectivity index (χ4n) is 2.12. The normalized spacial score (nSPS) is 25.0. The monoisotopic (exact) mass is 261 g/mol. The molecule has 2 aliphatic rings. The molecule has 0 radical (unpaired) electrons. The van der Waals surface area contributed by atoms with Crippen molar-refractivity contribution in [2.75, 3.05) is 6.54 Å². The predicted octanol–water partition coefficient (Wildman–Crippen LogP) is 2.54. The van der Waals surface area contributed by atoms with Crippen LogP contribution in [0, 0.1) is 0 Å². The van der Waals surface area contributed by atoms with Crippen LogP contribution in [-0.2, 0) is 9.47 Å². The molecule has 1 spiro atoms. The van der Waals surface area contributed by atoms with Gasteiger partial charge in [0, 0.05) is 6.42 Å². The topological polar surface area (TPSA) is 38.8 Å². The summed E-state index contributed by atoms with van der Waals surface area (Å²) < 4.78 is 34.1. The molecule has 0 aromatic rings. The Morgan fingerprint density at radius 2 is 2.06 bits per heavy atom. The number of alkyl halides is 2. The molecule has 102 valence electrons. The number of amides is 1. The number of hydrogen-bond donors (Lipinski definition) is 0. The predicted molar refractivity (Wildman–Crippen MR) is 60.3 cm³/mol. The molecule has 1 aliphatic carbocycles. The average molecular weight is 261 g/mol. The van der Waals surface area contributed by atoms with Gasteiger partial charge in [-0.1, -0.05) is 12.2 Å². The highest BCUT2D eigenvalue weighted by Crippen LogP contribution is 2.43. The summed E-state index contributed by atoms with van der Waals surface area (Å²) in [6.45, 7) is 2.61. The maximum absolute atomic E-state index is 12.2. The number of rotatable bonds is 2. The van der Waals surface area contributed by atoms with Crippen molar-refractivity contribution in [1.29, 1.82) is 0 Å². The summed E-state index contributed by atoms with van der Waals surface area (Å²) in [7, 11) is 0. The quantitative estimate of drug-likeness (QED) is 0.717. The third-order valence-electron chi connectivity index (χ3n) is 2.90. The number of carbonyl (C=O) groups is 1. The molecule has 0 aromatic carbocycles. The summed E-state index contributed by atoms with van der Waals surface area (Å²) in [5, 5.41) is 0. The number of halogens is 2. The molecule has 6 heteroatoms. The van der Waals surface area contributed by atoms with Crippen LogP contribution >= 0.6 is 0 Å². The summed E-state index contributed by atoms with van der Waals surface area (Å²) in [6.07, 6.45) is 2.86. The Hall–Kier alpha value is -1.17. The van der Waals surface area contributed by atoms with E-state index in [-0.39, 0.29) is 6.54 Å². The second kappa shape index (κ2) is 4.19. The van der Waals surface area contributed by atoms with Gasteiger partial charge in [0.15, 0.2) is 0 Å². The van der Waals surface area contributed by atoms with Crippen molar-refractivity contribution >= 4 is 6.09 Å². The first kappa shape index (κ1) is 13.3. The highest BCUT2D eigenvalue weighted by molar-refractivity contribution is 5.72. The van der Waals surface area contributed by atoms with E-state index in [1.165, 1.54) is 4.90 Å². The van der Waals surface area contributed by atoms with Crippen molar-refractivity contribution in [2.24, 2.45) is 0 Å². The van der Waals surface area contributed by atoms with E-state index in [1.807, 2.05) is 12.2 Å². The lowest BCUT2D eigenvalue weighted by Crippen LogP contribution is -2.42. The first-order valence-corrected chi connectivity index (χ1v) is 5.86. The van der Waals surface area contributed by atoms with Crippen molar-refractivity contribution in [3.8, 4) is 0 Å². The summed E-state index contributed by atoms with van der Waals surface area (Å²) in [6, 6.07) is 0. The second-order valence-corrected chi connectivity index (χ2v) is 5.64. The van der Waals surface area contributed by atoms with Crippen molar-refractivity contribution in [3.05, 3.63) is 12.2 Å². The molecule has 1 aliphatic heterocycles. The summed E-state index contributed by atoms with van der Waals surface area (Å²) in [4.78, 5) is 13.4. The number of hydrogen-bond acceptors (Lipinski definition) is 3. The lowest BCUT2D eigenvalue weighted by molar-refractivity contribution is -0.158. The van der Waals surface area contributed by atoms with Crippen LogP contribution in [0.25, 0.3) is 0 Å². The molecule has 0 N–H and O–H groups in total. The van der Waals surface area contributed by atoms with E-state index in [1.54, 1.807) is 20.8 Å². The molecule has 4 nitrogen and oxygen atoms in total. The molecular formula is C12H17F2NO3. The fraction of sp³-hybridized carbons (Fsp3) is 0.750. The van der Waals surface area contributed by atoms with Gasteiger partial charge in [-0.3, -0.25) is 4.90 Å². The highest BCUT2D eigenvalue weighted by Gasteiger charge is 2.52. The van der Waals surface area contributed by atoms with Crippen LogP contribution in [0.2, 0.25) is 0 Å². The minimum absolute atomic E-state index is 0.131. The third kappa shape index (κ3) is 2.80. The van der Waals surface area contributed by atoms with Crippen molar-refractivity contribution < 1.29 is 23.0 Å². The summed E-state index contributed by atoms with van der Waals surface area (Å²) in [5.74, 6) is 0. The molecule has 1 saturated heterocycles. The Kier molecular flexibility index (Phi) is 3.09. The van der Waals surface area contributed by atoms with Gasteiger partial charge in [0.2, 0.25) is 0 Å². The standard InChI is InChI=1S/C12H17F2NO3/c1-11(2,3)18-10(16)15-7-8(17-9(13)14)6-12(15)4-5-12/h4-5,8-9H,6-7H2,1-3H3. The smallest absolute Gasteiger partial charge is 0.411 e. The van der Waals surface area contributed by atoms with Crippen LogP contribution in [0.15, 0.2) is 12.2 Å². The Balaban J connectivity index is 1.98. The van der Waals surface area contributed by atoms with Gasteiger partial charge in [-0.25, -0.2) is 4.79 Å². The number of carbonyl (C=O) groups excluding carboxylic acids is 1. The largest absolute Gasteiger partial charge is 0.444 e. The van der Waals surface area contributed by atoms with Crippen LogP contribution in [0.5, 0.6) is 0 Å². The van der Waals surface area contributed by atoms with Crippen molar-refractivity contribution in [2.45, 2.75) is 51.0 Å². The van der Waals surface area contributed by atoms with Gasteiger partial charge >= 0.3 is 12.7 Å². The fourth-order valence-corrected chi connectivity index (χ4v) is 2.12. The van der Waals surface area contributed by atoms with Gasteiger partial charge in [-0.2, -0.15) is 8.78 Å². The van der Waals surface area contributed by atoms with E-state index in [2.05, 4.69) is 4.74 Å². The first-order chi connectivity index (χ1) is 8.22. The Bertz CT molecular complexity index is 370. The van der Waals surface area contributed by atoms with Crippen molar-refractivity contribution in [3.63, 3.8) is 0 Å². The molecule has 0 aromatic heterocycles. The zero-order chi connectivity index (χ0) is 13.6. The van der Waals surface area contributed by atoms with E-state index in [9.17, 15) is 13.6 Å². The third-order valence-corrected chi connectivity index (χ3v) is 2.90. The molecule has 2 rings (SSSR count). The second-order valence-electron chi connectivity index (χ2n) is 5.64. The van der Waals surface area contributed by atoms with Crippen LogP contribution in [0.4, 0.5) is 13.6 Å². The average Bonchev–Trinajstić information content (AvgIpc) is 2.80. The zero-order valence-electron chi connectivity index (χ0n) is 10.7. The van der Waals surface area contributed by atoms with Crippen LogP contribution in [0.3, 0.4) is 0 Å². The summed E-state index contributed by atoms with van der Waals surface area (Å²) in [5.41, 5.74) is -1.14. The SMILES string of the molecule is CC(C)(C)OC(=O)N1CC(OC(F)F)CC12C=C2. The van der Waals surface area contributed by atoms with Crippen LogP contribution in [0.1, 0.15) is 27.2 Å². The molecule has 1 unspecified atom stereocenters. The van der Waals surface area contributed by atoms with E-state index in [0.717, 1.165) is 0 Å². The van der Waals surface area contributed by atoms with E-state index < -0.39 is 29.9 Å². The van der Waals surface area contributed by atoms with Gasteiger partial charge in [0.05, 0.1) is 18.2 Å². The van der Waals surface area contributed by atoms with Crippen LogP contribution < -0.4 is 0 Å². The number of ether oxygens (including phenoxy) is 2. The molecule has 1 fully saturated rings. The van der Waals surface area contributed by atoms with Gasteiger partial charge in [0.25, 0.3) is 0 Å². The number of nitrogens with zero attached hydrogens (tertiary/aromatic N) is 1. The zero-order valence-corrected chi connectivity index (χ0v) is 10.7. The molecule has 0 saturated carbocycles. The Labute approximate surface area is 105 Å². The van der Waals surface area contributed by atoms with E-state index >= 15 is 0 Å². The highest BCUT2D eigenvalue weighted by atomic mass is 19.3. The van der Waals surface area contributed by atoms with Crippen molar-refractivity contribution in [1.82, 2.24) is 4.90 Å². The van der Waals surface area contributed by atoms with Gasteiger partial charge < -0.3 is 9.47 Å². The molecule has 1 amide bonds. The van der Waals surface area contributed by atoms with E-state index in [0.29, 0.717) is 6.42 Å². The minimum Gasteiger partial charge on any atom is -0.444 e. The van der Waals surface area contributed by atoms with Crippen LogP contribution in [-0.4, -0.2) is 41.4 Å². The summed E-state index contributed by atoms with van der Waals surface area (Å²) >= 11 is 0. The Morgan fingerprint density at radius 3 is 2.50 bits per heavy atom. The molecule has 1 heterocycles. The maximum atomic E-state index is 12.2. The lowest BCUT2D eigenvalue weighted by Gasteiger charge is -2.28. The molecule has 0 bridgehead atoms. The lowest BCUT2D eigenvalue weighted by atomic mass is 10.1. The van der Waals surface area contributed by atoms with E-state index in [4.69, 9.17) is 4.74 Å². The number of likely N-dealkylation sites (tertiary alicyclic amines) is 1. The Morgan fingerprint density at radius 1 is 1.44 bits per heavy atom. The van der Waals surface area contributed by atoms with Gasteiger partial charge in [-0.05, 0) is 20.8 Å². The molecule has 18 heavy (non-hydrogen) atoms. The maximum Gasteiger partial charge on any atom is 0.411 e. The first-order valence-electron chi connectivity index (χ1n) is 5.86. The van der Waals surface area contributed by atoms with Gasteiger partial charge in [0.1, 0.15) is 5.60 Å². The van der Waals surface area contributed by atoms with Gasteiger partial charge in [-0.15, -0.1) is 0 Å².